The van der Waals surface area contributed by atoms with E-state index in [9.17, 15) is 14.5 Å². The molecular weight excluding hydrogens is 281 g/mol. The van der Waals surface area contributed by atoms with E-state index in [4.69, 9.17) is 15.7 Å². The molecule has 2 aromatic rings. The molecule has 0 radical (unpaired) electrons. The van der Waals surface area contributed by atoms with Crippen LogP contribution in [0.2, 0.25) is 0 Å². The number of nitrogens with zero attached hydrogens (tertiary/aromatic N) is 2. The van der Waals surface area contributed by atoms with E-state index in [0.29, 0.717) is 5.75 Å². The molecule has 108 valence electrons. The minimum Gasteiger partial charge on any atom is -0.457 e. The Balaban J connectivity index is 2.33. The lowest BCUT2D eigenvalue weighted by Gasteiger charge is -2.10. The second kappa shape index (κ2) is 5.87. The molecule has 0 bridgehead atoms. The van der Waals surface area contributed by atoms with Crippen LogP contribution in [-0.4, -0.2) is 16.0 Å². The third-order valence-electron chi connectivity index (χ3n) is 2.60. The molecule has 2 aromatic carbocycles. The standard InChI is InChI=1S/C13H10FN3O4/c14-8-1-6-12(11(7-8)13(15)16-18)21-10-4-2-9(3-5-10)17(19)20/h1-7,18H,(H2,15,16). The van der Waals surface area contributed by atoms with Crippen LogP contribution in [0.25, 0.3) is 0 Å². The molecule has 0 saturated heterocycles. The number of benzene rings is 2. The molecule has 0 aliphatic heterocycles. The number of oxime groups is 1. The van der Waals surface area contributed by atoms with Crippen molar-refractivity contribution in [1.82, 2.24) is 0 Å². The van der Waals surface area contributed by atoms with Gasteiger partial charge in [-0.3, -0.25) is 10.1 Å². The highest BCUT2D eigenvalue weighted by molar-refractivity contribution is 5.99. The molecular formula is C13H10FN3O4. The van der Waals surface area contributed by atoms with E-state index in [1.165, 1.54) is 30.3 Å². The van der Waals surface area contributed by atoms with Crippen LogP contribution in [0, 0.1) is 15.9 Å². The molecule has 8 heteroatoms. The fourth-order valence-corrected chi connectivity index (χ4v) is 1.61. The zero-order valence-electron chi connectivity index (χ0n) is 10.6. The van der Waals surface area contributed by atoms with E-state index in [2.05, 4.69) is 5.16 Å². The van der Waals surface area contributed by atoms with Crippen LogP contribution < -0.4 is 10.5 Å². The number of nitro benzene ring substituents is 1. The van der Waals surface area contributed by atoms with Crippen molar-refractivity contribution in [2.24, 2.45) is 10.9 Å². The van der Waals surface area contributed by atoms with Gasteiger partial charge in [-0.05, 0) is 30.3 Å². The smallest absolute Gasteiger partial charge is 0.269 e. The summed E-state index contributed by atoms with van der Waals surface area (Å²) in [7, 11) is 0. The van der Waals surface area contributed by atoms with E-state index in [0.717, 1.165) is 12.1 Å². The molecule has 0 fully saturated rings. The van der Waals surface area contributed by atoms with Crippen LogP contribution in [0.4, 0.5) is 10.1 Å². The second-order valence-electron chi connectivity index (χ2n) is 3.98. The van der Waals surface area contributed by atoms with Crippen molar-refractivity contribution >= 4 is 11.5 Å². The van der Waals surface area contributed by atoms with Crippen LogP contribution in [0.5, 0.6) is 11.5 Å². The summed E-state index contributed by atoms with van der Waals surface area (Å²) in [5, 5.41) is 22.0. The van der Waals surface area contributed by atoms with Gasteiger partial charge >= 0.3 is 0 Å². The third-order valence-corrected chi connectivity index (χ3v) is 2.60. The van der Waals surface area contributed by atoms with E-state index < -0.39 is 10.7 Å². The Morgan fingerprint density at radius 2 is 1.95 bits per heavy atom. The van der Waals surface area contributed by atoms with Crippen LogP contribution >= 0.6 is 0 Å². The van der Waals surface area contributed by atoms with Gasteiger partial charge < -0.3 is 15.7 Å². The Morgan fingerprint density at radius 1 is 1.29 bits per heavy atom. The van der Waals surface area contributed by atoms with Gasteiger partial charge in [0.25, 0.3) is 5.69 Å². The predicted molar refractivity (Wildman–Crippen MR) is 72.1 cm³/mol. The van der Waals surface area contributed by atoms with Crippen LogP contribution in [0.3, 0.4) is 0 Å². The van der Waals surface area contributed by atoms with Gasteiger partial charge in [-0.25, -0.2) is 4.39 Å². The lowest BCUT2D eigenvalue weighted by Crippen LogP contribution is -2.14. The van der Waals surface area contributed by atoms with Crippen LogP contribution in [0.1, 0.15) is 5.56 Å². The maximum Gasteiger partial charge on any atom is 0.269 e. The number of nitro groups is 1. The highest BCUT2D eigenvalue weighted by atomic mass is 19.1. The SMILES string of the molecule is NC(=NO)c1cc(F)ccc1Oc1ccc([N+](=O)[O-])cc1. The summed E-state index contributed by atoms with van der Waals surface area (Å²) in [5.74, 6) is -0.446. The molecule has 21 heavy (non-hydrogen) atoms. The Hall–Kier alpha value is -3.16. The van der Waals surface area contributed by atoms with Gasteiger partial charge in [-0.2, -0.15) is 0 Å². The van der Waals surface area contributed by atoms with Crippen molar-refractivity contribution in [3.8, 4) is 11.5 Å². The molecule has 0 atom stereocenters. The summed E-state index contributed by atoms with van der Waals surface area (Å²) in [5.41, 5.74) is 5.43. The first kappa shape index (κ1) is 14.3. The van der Waals surface area contributed by atoms with Crippen LogP contribution in [0.15, 0.2) is 47.6 Å². The fourth-order valence-electron chi connectivity index (χ4n) is 1.61. The first-order valence-corrected chi connectivity index (χ1v) is 5.71. The van der Waals surface area contributed by atoms with Gasteiger partial charge in [0, 0.05) is 12.1 Å². The molecule has 0 aliphatic carbocycles. The van der Waals surface area contributed by atoms with Gasteiger partial charge in [0.2, 0.25) is 0 Å². The number of halogens is 1. The average Bonchev–Trinajstić information content (AvgIpc) is 2.48. The Labute approximate surface area is 118 Å². The third kappa shape index (κ3) is 3.24. The van der Waals surface area contributed by atoms with Gasteiger partial charge in [-0.15, -0.1) is 0 Å². The summed E-state index contributed by atoms with van der Waals surface area (Å²) >= 11 is 0. The minimum absolute atomic E-state index is 0.0656. The molecule has 2 rings (SSSR count). The molecule has 0 spiro atoms. The molecule has 0 unspecified atom stereocenters. The molecule has 0 saturated carbocycles. The lowest BCUT2D eigenvalue weighted by molar-refractivity contribution is -0.384. The number of non-ortho nitro benzene ring substituents is 1. The molecule has 0 amide bonds. The van der Waals surface area contributed by atoms with Crippen molar-refractivity contribution in [3.05, 3.63) is 64.0 Å². The minimum atomic E-state index is -0.576. The normalized spacial score (nSPS) is 11.2. The largest absolute Gasteiger partial charge is 0.457 e. The van der Waals surface area contributed by atoms with Gasteiger partial charge in [-0.1, -0.05) is 5.16 Å². The van der Waals surface area contributed by atoms with Crippen molar-refractivity contribution < 1.29 is 19.3 Å². The van der Waals surface area contributed by atoms with Crippen molar-refractivity contribution in [3.63, 3.8) is 0 Å². The Bertz CT molecular complexity index is 701. The average molecular weight is 291 g/mol. The molecule has 0 heterocycles. The highest BCUT2D eigenvalue weighted by Gasteiger charge is 2.12. The first-order chi connectivity index (χ1) is 10.0. The number of hydrogen-bond acceptors (Lipinski definition) is 5. The van der Waals surface area contributed by atoms with E-state index in [1.807, 2.05) is 0 Å². The quantitative estimate of drug-likeness (QED) is 0.296. The van der Waals surface area contributed by atoms with Crippen molar-refractivity contribution in [2.45, 2.75) is 0 Å². The summed E-state index contributed by atoms with van der Waals surface area (Å²) in [6, 6.07) is 8.81. The van der Waals surface area contributed by atoms with Crippen molar-refractivity contribution in [2.75, 3.05) is 0 Å². The zero-order valence-corrected chi connectivity index (χ0v) is 10.6. The fraction of sp³-hybridized carbons (Fsp3) is 0. The molecule has 0 aromatic heterocycles. The summed E-state index contributed by atoms with van der Waals surface area (Å²) in [4.78, 5) is 10.0. The predicted octanol–water partition coefficient (Wildman–Crippen LogP) is 2.62. The molecule has 3 N–H and O–H groups in total. The zero-order chi connectivity index (χ0) is 15.4. The highest BCUT2D eigenvalue weighted by Crippen LogP contribution is 2.27. The summed E-state index contributed by atoms with van der Waals surface area (Å²) in [6.07, 6.45) is 0. The number of nitrogens with two attached hydrogens (primary N) is 1. The Morgan fingerprint density at radius 3 is 2.52 bits per heavy atom. The lowest BCUT2D eigenvalue weighted by atomic mass is 10.2. The topological polar surface area (TPSA) is 111 Å². The monoisotopic (exact) mass is 291 g/mol. The second-order valence-corrected chi connectivity index (χ2v) is 3.98. The molecule has 7 nitrogen and oxygen atoms in total. The summed E-state index contributed by atoms with van der Waals surface area (Å²) in [6.45, 7) is 0. The Kier molecular flexibility index (Phi) is 3.98. The van der Waals surface area contributed by atoms with Crippen molar-refractivity contribution in [1.29, 1.82) is 0 Å². The van der Waals surface area contributed by atoms with Gasteiger partial charge in [0.15, 0.2) is 5.84 Å². The van der Waals surface area contributed by atoms with E-state index in [-0.39, 0.29) is 22.8 Å². The maximum atomic E-state index is 13.2. The van der Waals surface area contributed by atoms with Gasteiger partial charge in [0.05, 0.1) is 10.5 Å². The van der Waals surface area contributed by atoms with E-state index in [1.54, 1.807) is 0 Å². The van der Waals surface area contributed by atoms with Gasteiger partial charge in [0.1, 0.15) is 17.3 Å². The maximum absolute atomic E-state index is 13.2. The first-order valence-electron chi connectivity index (χ1n) is 5.71. The molecule has 0 aliphatic rings. The van der Waals surface area contributed by atoms with Crippen LogP contribution in [-0.2, 0) is 0 Å². The number of amidine groups is 1. The number of ether oxygens (including phenoxy) is 1. The van der Waals surface area contributed by atoms with E-state index >= 15 is 0 Å². The summed E-state index contributed by atoms with van der Waals surface area (Å²) < 4.78 is 18.7. The number of rotatable bonds is 4. The number of hydrogen-bond donors (Lipinski definition) is 2.